The lowest BCUT2D eigenvalue weighted by atomic mass is 10.6. The van der Waals surface area contributed by atoms with Crippen LogP contribution in [0.15, 0.2) is 0 Å². The molecule has 0 aliphatic carbocycles. The largest absolute Gasteiger partial charge is 0.395 e. The molecule has 0 aromatic carbocycles. The SMILES string of the molecule is [NH]CC[N]CCO. The maximum Gasteiger partial charge on any atom is 0.0572 e. The van der Waals surface area contributed by atoms with Gasteiger partial charge in [0.05, 0.1) is 6.61 Å². The molecule has 3 nitrogen and oxygen atoms in total. The molecule has 0 saturated carbocycles. The third-order valence-corrected chi connectivity index (χ3v) is 0.528. The number of hydrogen-bond acceptors (Lipinski definition) is 1. The van der Waals surface area contributed by atoms with Crippen molar-refractivity contribution in [3.8, 4) is 0 Å². The van der Waals surface area contributed by atoms with Crippen LogP contribution in [0, 0.1) is 0 Å². The zero-order valence-corrected chi connectivity index (χ0v) is 4.22. The van der Waals surface area contributed by atoms with Gasteiger partial charge in [-0.1, -0.05) is 0 Å². The topological polar surface area (TPSA) is 58.1 Å². The Morgan fingerprint density at radius 1 is 1.43 bits per heavy atom. The summed E-state index contributed by atoms with van der Waals surface area (Å²) in [4.78, 5) is 0. The summed E-state index contributed by atoms with van der Waals surface area (Å²) in [5.41, 5.74) is 6.61. The number of nitrogens with zero attached hydrogens (tertiary/aromatic N) is 1. The van der Waals surface area contributed by atoms with Crippen molar-refractivity contribution in [1.82, 2.24) is 11.1 Å². The predicted molar refractivity (Wildman–Crippen MR) is 26.9 cm³/mol. The molecule has 0 aliphatic rings. The number of rotatable bonds is 4. The van der Waals surface area contributed by atoms with Gasteiger partial charge in [-0.2, -0.15) is 0 Å². The molecule has 0 unspecified atom stereocenters. The van der Waals surface area contributed by atoms with Crippen LogP contribution in [0.4, 0.5) is 0 Å². The first-order valence-corrected chi connectivity index (χ1v) is 2.30. The van der Waals surface area contributed by atoms with Gasteiger partial charge in [-0.05, 0) is 0 Å². The maximum atomic E-state index is 8.14. The Labute approximate surface area is 43.5 Å². The zero-order chi connectivity index (χ0) is 5.54. The third-order valence-electron chi connectivity index (χ3n) is 0.528. The smallest absolute Gasteiger partial charge is 0.0572 e. The molecule has 0 saturated heterocycles. The van der Waals surface area contributed by atoms with E-state index in [2.05, 4.69) is 5.32 Å². The van der Waals surface area contributed by atoms with Crippen molar-refractivity contribution in [3.63, 3.8) is 0 Å². The first kappa shape index (κ1) is 6.88. The minimum Gasteiger partial charge on any atom is -0.395 e. The van der Waals surface area contributed by atoms with Crippen molar-refractivity contribution >= 4 is 0 Å². The summed E-state index contributed by atoms with van der Waals surface area (Å²) in [6, 6.07) is 0. The van der Waals surface area contributed by atoms with Gasteiger partial charge >= 0.3 is 0 Å². The average Bonchev–Trinajstić information content (AvgIpc) is 1.69. The van der Waals surface area contributed by atoms with E-state index in [-0.39, 0.29) is 6.61 Å². The van der Waals surface area contributed by atoms with Gasteiger partial charge in [0.1, 0.15) is 0 Å². The lowest BCUT2D eigenvalue weighted by Gasteiger charge is -1.91. The van der Waals surface area contributed by atoms with Crippen molar-refractivity contribution in [2.24, 2.45) is 0 Å². The Morgan fingerprint density at radius 2 is 2.14 bits per heavy atom. The van der Waals surface area contributed by atoms with Crippen LogP contribution in [0.3, 0.4) is 0 Å². The Kier molecular flexibility index (Phi) is 5.78. The van der Waals surface area contributed by atoms with E-state index in [0.29, 0.717) is 19.6 Å². The van der Waals surface area contributed by atoms with Crippen molar-refractivity contribution in [2.45, 2.75) is 0 Å². The molecule has 0 bridgehead atoms. The number of hydrogen-bond donors (Lipinski definition) is 1. The van der Waals surface area contributed by atoms with E-state index in [9.17, 15) is 0 Å². The summed E-state index contributed by atoms with van der Waals surface area (Å²) >= 11 is 0. The Hall–Kier alpha value is -0.120. The van der Waals surface area contributed by atoms with E-state index in [1.807, 2.05) is 0 Å². The minimum atomic E-state index is 0.111. The van der Waals surface area contributed by atoms with E-state index in [4.69, 9.17) is 10.8 Å². The second-order valence-corrected chi connectivity index (χ2v) is 1.14. The van der Waals surface area contributed by atoms with Crippen LogP contribution in [0.2, 0.25) is 0 Å². The summed E-state index contributed by atoms with van der Waals surface area (Å²) in [5, 5.41) is 11.9. The summed E-state index contributed by atoms with van der Waals surface area (Å²) in [6.07, 6.45) is 0. The highest BCUT2D eigenvalue weighted by Gasteiger charge is 1.80. The van der Waals surface area contributed by atoms with Gasteiger partial charge in [-0.3, -0.25) is 5.73 Å². The van der Waals surface area contributed by atoms with Crippen LogP contribution in [-0.2, 0) is 0 Å². The second kappa shape index (κ2) is 5.88. The van der Waals surface area contributed by atoms with Gasteiger partial charge in [-0.25, -0.2) is 5.32 Å². The first-order chi connectivity index (χ1) is 3.41. The van der Waals surface area contributed by atoms with Crippen molar-refractivity contribution < 1.29 is 5.11 Å². The molecule has 0 aliphatic heterocycles. The molecule has 0 aromatic heterocycles. The van der Waals surface area contributed by atoms with Gasteiger partial charge in [0, 0.05) is 19.6 Å². The summed E-state index contributed by atoms with van der Waals surface area (Å²) < 4.78 is 0. The first-order valence-electron chi connectivity index (χ1n) is 2.30. The van der Waals surface area contributed by atoms with Crippen LogP contribution in [0.5, 0.6) is 0 Å². The lowest BCUT2D eigenvalue weighted by Crippen LogP contribution is -2.14. The molecule has 0 atom stereocenters. The van der Waals surface area contributed by atoms with Crippen LogP contribution in [0.1, 0.15) is 0 Å². The second-order valence-electron chi connectivity index (χ2n) is 1.14. The van der Waals surface area contributed by atoms with Gasteiger partial charge in [0.2, 0.25) is 0 Å². The van der Waals surface area contributed by atoms with Crippen LogP contribution >= 0.6 is 0 Å². The third kappa shape index (κ3) is 5.88. The number of nitrogens with one attached hydrogen (secondary N) is 1. The number of aliphatic hydroxyl groups is 1. The van der Waals surface area contributed by atoms with E-state index >= 15 is 0 Å². The Bertz CT molecular complexity index is 28.9. The average molecular weight is 102 g/mol. The zero-order valence-electron chi connectivity index (χ0n) is 4.22. The molecular weight excluding hydrogens is 92.1 g/mol. The molecule has 0 amide bonds. The van der Waals surface area contributed by atoms with Gasteiger partial charge in [0.25, 0.3) is 0 Å². The van der Waals surface area contributed by atoms with E-state index in [0.717, 1.165) is 0 Å². The molecule has 2 N–H and O–H groups in total. The fourth-order valence-electron chi connectivity index (χ4n) is 0.262. The summed E-state index contributed by atoms with van der Waals surface area (Å²) in [6.45, 7) is 1.49. The fourth-order valence-corrected chi connectivity index (χ4v) is 0.262. The highest BCUT2D eigenvalue weighted by atomic mass is 16.3. The van der Waals surface area contributed by atoms with Gasteiger partial charge in [0.15, 0.2) is 0 Å². The molecule has 0 aromatic rings. The fraction of sp³-hybridized carbons (Fsp3) is 1.00. The van der Waals surface area contributed by atoms with Gasteiger partial charge < -0.3 is 5.11 Å². The molecule has 42 valence electrons. The van der Waals surface area contributed by atoms with E-state index in [1.165, 1.54) is 0 Å². The molecule has 0 heterocycles. The maximum absolute atomic E-state index is 8.14. The quantitative estimate of drug-likeness (QED) is 0.448. The minimum absolute atomic E-state index is 0.111. The van der Waals surface area contributed by atoms with Crippen molar-refractivity contribution in [1.29, 1.82) is 0 Å². The standard InChI is InChI=1S/C4H10N2O/c5-1-2-6-3-4-7/h5,7H,1-4H2. The van der Waals surface area contributed by atoms with Crippen molar-refractivity contribution in [2.75, 3.05) is 26.2 Å². The Morgan fingerprint density at radius 3 is 2.57 bits per heavy atom. The summed E-state index contributed by atoms with van der Waals surface area (Å²) in [7, 11) is 0. The summed E-state index contributed by atoms with van der Waals surface area (Å²) in [5.74, 6) is 0. The van der Waals surface area contributed by atoms with E-state index in [1.54, 1.807) is 0 Å². The lowest BCUT2D eigenvalue weighted by molar-refractivity contribution is 0.291. The van der Waals surface area contributed by atoms with Crippen LogP contribution in [-0.4, -0.2) is 31.3 Å². The van der Waals surface area contributed by atoms with Crippen molar-refractivity contribution in [3.05, 3.63) is 0 Å². The molecule has 0 spiro atoms. The molecular formula is C4H10N2O. The predicted octanol–water partition coefficient (Wildman–Crippen LogP) is -1.13. The molecule has 2 radical (unpaired) electrons. The molecule has 0 rings (SSSR count). The van der Waals surface area contributed by atoms with Crippen LogP contribution < -0.4 is 11.1 Å². The number of aliphatic hydroxyl groups excluding tert-OH is 1. The normalized spacial score (nSPS) is 9.43. The Balaban J connectivity index is 2.45. The highest BCUT2D eigenvalue weighted by Crippen LogP contribution is 1.57. The highest BCUT2D eigenvalue weighted by molar-refractivity contribution is 4.41. The molecule has 0 fully saturated rings. The van der Waals surface area contributed by atoms with E-state index < -0.39 is 0 Å². The monoisotopic (exact) mass is 102 g/mol. The van der Waals surface area contributed by atoms with Gasteiger partial charge in [-0.15, -0.1) is 0 Å². The van der Waals surface area contributed by atoms with Crippen LogP contribution in [0.25, 0.3) is 0 Å². The molecule has 3 heteroatoms. The molecule has 7 heavy (non-hydrogen) atoms.